The molecule has 0 saturated carbocycles. The Hall–Kier alpha value is -0.130. The Balaban J connectivity index is 2.35. The maximum atomic E-state index is 11.9. The van der Waals surface area contributed by atoms with Crippen LogP contribution >= 0.6 is 15.9 Å². The van der Waals surface area contributed by atoms with Gasteiger partial charge in [0.1, 0.15) is 0 Å². The molecule has 94 valence electrons. The second-order valence-electron chi connectivity index (χ2n) is 4.22. The van der Waals surface area contributed by atoms with E-state index >= 15 is 0 Å². The molecule has 3 unspecified atom stereocenters. The Bertz CT molecular complexity index is 219. The van der Waals surface area contributed by atoms with Crippen LogP contribution in [0.4, 0.5) is 0 Å². The van der Waals surface area contributed by atoms with E-state index in [-0.39, 0.29) is 24.0 Å². The predicted octanol–water partition coefficient (Wildman–Crippen LogP) is 1.33. The van der Waals surface area contributed by atoms with Crippen LogP contribution in [0.1, 0.15) is 19.8 Å². The van der Waals surface area contributed by atoms with E-state index in [1.807, 2.05) is 6.92 Å². The minimum absolute atomic E-state index is 0.00433. The molecule has 0 aromatic heterocycles. The van der Waals surface area contributed by atoms with Gasteiger partial charge in [-0.25, -0.2) is 0 Å². The summed E-state index contributed by atoms with van der Waals surface area (Å²) in [5.74, 6) is 0.0945. The van der Waals surface area contributed by atoms with E-state index < -0.39 is 0 Å². The Labute approximate surface area is 105 Å². The zero-order valence-corrected chi connectivity index (χ0v) is 11.5. The molecule has 1 rings (SSSR count). The molecule has 1 aliphatic heterocycles. The van der Waals surface area contributed by atoms with Crippen LogP contribution < -0.4 is 5.32 Å². The molecule has 0 aliphatic carbocycles. The van der Waals surface area contributed by atoms with E-state index in [4.69, 9.17) is 9.47 Å². The van der Waals surface area contributed by atoms with Crippen molar-refractivity contribution in [2.24, 2.45) is 5.92 Å². The van der Waals surface area contributed by atoms with Crippen molar-refractivity contribution in [2.45, 2.75) is 31.9 Å². The molecule has 1 aliphatic rings. The molecule has 0 radical (unpaired) electrons. The molecular weight excluding hydrogens is 274 g/mol. The van der Waals surface area contributed by atoms with Gasteiger partial charge in [0, 0.05) is 12.4 Å². The summed E-state index contributed by atoms with van der Waals surface area (Å²) >= 11 is 3.37. The first kappa shape index (κ1) is 13.9. The number of alkyl halides is 1. The molecule has 0 aromatic rings. The molecule has 0 aromatic carbocycles. The smallest absolute Gasteiger partial charge is 0.225 e. The lowest BCUT2D eigenvalue weighted by Gasteiger charge is -2.18. The Morgan fingerprint density at radius 3 is 2.94 bits per heavy atom. The van der Waals surface area contributed by atoms with Gasteiger partial charge in [0.2, 0.25) is 5.91 Å². The largest absolute Gasteiger partial charge is 0.383 e. The standard InChI is InChI=1S/C11H20BrNO3/c1-8-5-9(6-16-8)11(14)13-10(3-4-12)7-15-2/h8-10H,3-7H2,1-2H3,(H,13,14). The Morgan fingerprint density at radius 1 is 1.69 bits per heavy atom. The van der Waals surface area contributed by atoms with E-state index in [1.54, 1.807) is 7.11 Å². The topological polar surface area (TPSA) is 47.6 Å². The Kier molecular flexibility index (Phi) is 6.31. The van der Waals surface area contributed by atoms with Gasteiger partial charge in [-0.15, -0.1) is 0 Å². The fourth-order valence-electron chi connectivity index (χ4n) is 1.85. The lowest BCUT2D eigenvalue weighted by molar-refractivity contribution is -0.126. The average molecular weight is 294 g/mol. The molecule has 1 N–H and O–H groups in total. The van der Waals surface area contributed by atoms with Crippen molar-refractivity contribution in [1.82, 2.24) is 5.32 Å². The van der Waals surface area contributed by atoms with Gasteiger partial charge in [-0.05, 0) is 19.8 Å². The van der Waals surface area contributed by atoms with Crippen LogP contribution in [0, 0.1) is 5.92 Å². The third-order valence-electron chi connectivity index (χ3n) is 2.74. The van der Waals surface area contributed by atoms with E-state index in [1.165, 1.54) is 0 Å². The second kappa shape index (κ2) is 7.25. The van der Waals surface area contributed by atoms with Crippen LogP contribution in [0.3, 0.4) is 0 Å². The summed E-state index contributed by atoms with van der Waals surface area (Å²) in [6.45, 7) is 3.10. The van der Waals surface area contributed by atoms with Gasteiger partial charge >= 0.3 is 0 Å². The number of carbonyl (C=O) groups excluding carboxylic acids is 1. The number of methoxy groups -OCH3 is 1. The third-order valence-corrected chi connectivity index (χ3v) is 3.20. The van der Waals surface area contributed by atoms with Crippen LogP contribution in [0.25, 0.3) is 0 Å². The second-order valence-corrected chi connectivity index (χ2v) is 5.01. The van der Waals surface area contributed by atoms with E-state index in [2.05, 4.69) is 21.2 Å². The van der Waals surface area contributed by atoms with Gasteiger partial charge in [0.05, 0.1) is 31.3 Å². The minimum Gasteiger partial charge on any atom is -0.383 e. The van der Waals surface area contributed by atoms with Gasteiger partial charge in [-0.1, -0.05) is 15.9 Å². The SMILES string of the molecule is COCC(CCBr)NC(=O)C1COC(C)C1. The van der Waals surface area contributed by atoms with Crippen LogP contribution in [0.15, 0.2) is 0 Å². The van der Waals surface area contributed by atoms with Gasteiger partial charge < -0.3 is 14.8 Å². The van der Waals surface area contributed by atoms with Crippen LogP contribution in [0.5, 0.6) is 0 Å². The summed E-state index contributed by atoms with van der Waals surface area (Å²) in [6.07, 6.45) is 1.90. The first-order valence-corrected chi connectivity index (χ1v) is 6.76. The Morgan fingerprint density at radius 2 is 2.44 bits per heavy atom. The highest BCUT2D eigenvalue weighted by atomic mass is 79.9. The van der Waals surface area contributed by atoms with Crippen molar-refractivity contribution >= 4 is 21.8 Å². The normalized spacial score (nSPS) is 26.7. The monoisotopic (exact) mass is 293 g/mol. The van der Waals surface area contributed by atoms with Crippen molar-refractivity contribution in [2.75, 3.05) is 25.7 Å². The molecular formula is C11H20BrNO3. The minimum atomic E-state index is 0.00433. The van der Waals surface area contributed by atoms with Crippen LogP contribution in [-0.2, 0) is 14.3 Å². The zero-order valence-electron chi connectivity index (χ0n) is 9.87. The van der Waals surface area contributed by atoms with E-state index in [9.17, 15) is 4.79 Å². The zero-order chi connectivity index (χ0) is 12.0. The molecule has 1 fully saturated rings. The third kappa shape index (κ3) is 4.39. The molecule has 3 atom stereocenters. The first-order valence-electron chi connectivity index (χ1n) is 5.64. The molecule has 5 heteroatoms. The average Bonchev–Trinajstić information content (AvgIpc) is 2.65. The van der Waals surface area contributed by atoms with E-state index in [0.29, 0.717) is 13.2 Å². The predicted molar refractivity (Wildman–Crippen MR) is 65.7 cm³/mol. The number of halogens is 1. The summed E-state index contributed by atoms with van der Waals surface area (Å²) < 4.78 is 10.5. The number of rotatable bonds is 6. The first-order chi connectivity index (χ1) is 7.67. The molecule has 1 saturated heterocycles. The van der Waals surface area contributed by atoms with Crippen LogP contribution in [-0.4, -0.2) is 43.7 Å². The lowest BCUT2D eigenvalue weighted by atomic mass is 10.0. The van der Waals surface area contributed by atoms with Crippen molar-refractivity contribution in [3.05, 3.63) is 0 Å². The maximum Gasteiger partial charge on any atom is 0.225 e. The summed E-state index contributed by atoms with van der Waals surface area (Å²) in [5, 5.41) is 3.87. The summed E-state index contributed by atoms with van der Waals surface area (Å²) in [6, 6.07) is 0.0905. The number of hydrogen-bond donors (Lipinski definition) is 1. The summed E-state index contributed by atoms with van der Waals surface area (Å²) in [7, 11) is 1.65. The highest BCUT2D eigenvalue weighted by Gasteiger charge is 2.29. The highest BCUT2D eigenvalue weighted by molar-refractivity contribution is 9.09. The number of carbonyl (C=O) groups is 1. The molecule has 0 spiro atoms. The van der Waals surface area contributed by atoms with Crippen molar-refractivity contribution < 1.29 is 14.3 Å². The van der Waals surface area contributed by atoms with Gasteiger partial charge in [0.15, 0.2) is 0 Å². The molecule has 1 heterocycles. The fourth-order valence-corrected chi connectivity index (χ4v) is 2.40. The summed E-state index contributed by atoms with van der Waals surface area (Å²) in [5.41, 5.74) is 0. The maximum absolute atomic E-state index is 11.9. The quantitative estimate of drug-likeness (QED) is 0.752. The number of amides is 1. The fraction of sp³-hybridized carbons (Fsp3) is 0.909. The van der Waals surface area contributed by atoms with Gasteiger partial charge in [0.25, 0.3) is 0 Å². The molecule has 1 amide bonds. The molecule has 0 bridgehead atoms. The lowest BCUT2D eigenvalue weighted by Crippen LogP contribution is -2.41. The van der Waals surface area contributed by atoms with Crippen molar-refractivity contribution in [3.8, 4) is 0 Å². The van der Waals surface area contributed by atoms with Gasteiger partial charge in [-0.3, -0.25) is 4.79 Å². The van der Waals surface area contributed by atoms with Crippen molar-refractivity contribution in [1.29, 1.82) is 0 Å². The number of ether oxygens (including phenoxy) is 2. The molecule has 4 nitrogen and oxygen atoms in total. The highest BCUT2D eigenvalue weighted by Crippen LogP contribution is 2.19. The number of nitrogens with one attached hydrogen (secondary N) is 1. The van der Waals surface area contributed by atoms with Gasteiger partial charge in [-0.2, -0.15) is 0 Å². The van der Waals surface area contributed by atoms with Crippen LogP contribution in [0.2, 0.25) is 0 Å². The number of hydrogen-bond acceptors (Lipinski definition) is 3. The van der Waals surface area contributed by atoms with E-state index in [0.717, 1.165) is 18.2 Å². The summed E-state index contributed by atoms with van der Waals surface area (Å²) in [4.78, 5) is 11.9. The van der Waals surface area contributed by atoms with Crippen molar-refractivity contribution in [3.63, 3.8) is 0 Å². The molecule has 16 heavy (non-hydrogen) atoms.